The van der Waals surface area contributed by atoms with Crippen LogP contribution >= 0.6 is 34.5 Å². The van der Waals surface area contributed by atoms with Crippen molar-refractivity contribution in [2.24, 2.45) is 0 Å². The van der Waals surface area contributed by atoms with E-state index in [1.54, 1.807) is 43.4 Å². The Morgan fingerprint density at radius 2 is 1.67 bits per heavy atom. The number of methoxy groups -OCH3 is 2. The average molecular weight is 468 g/mol. The smallest absolute Gasteiger partial charge is 0.260 e. The van der Waals surface area contributed by atoms with Crippen LogP contribution in [0.3, 0.4) is 0 Å². The molecule has 0 spiro atoms. The third kappa shape index (κ3) is 4.98. The zero-order chi connectivity index (χ0) is 21.8. The molecule has 30 heavy (non-hydrogen) atoms. The summed E-state index contributed by atoms with van der Waals surface area (Å²) >= 11 is 13.6. The van der Waals surface area contributed by atoms with Crippen LogP contribution in [-0.4, -0.2) is 57.2 Å². The summed E-state index contributed by atoms with van der Waals surface area (Å²) in [5.41, 5.74) is 1.07. The molecule has 0 fully saturated rings. The number of hydrogen-bond acceptors (Lipinski definition) is 6. The molecule has 2 aromatic carbocycles. The number of rotatable bonds is 8. The molecule has 0 N–H and O–H groups in total. The molecule has 0 radical (unpaired) electrons. The van der Waals surface area contributed by atoms with Gasteiger partial charge >= 0.3 is 0 Å². The fourth-order valence-electron chi connectivity index (χ4n) is 3.05. The van der Waals surface area contributed by atoms with E-state index in [0.29, 0.717) is 44.3 Å². The highest BCUT2D eigenvalue weighted by Crippen LogP contribution is 2.40. The molecule has 0 aliphatic carbocycles. The monoisotopic (exact) mass is 467 g/mol. The molecule has 0 bridgehead atoms. The van der Waals surface area contributed by atoms with Gasteiger partial charge in [-0.25, -0.2) is 4.98 Å². The number of halogens is 2. The Hall–Kier alpha value is -2.06. The van der Waals surface area contributed by atoms with Gasteiger partial charge in [-0.3, -0.25) is 9.69 Å². The summed E-state index contributed by atoms with van der Waals surface area (Å²) in [6.45, 7) is 1.32. The lowest BCUT2D eigenvalue weighted by Gasteiger charge is -2.21. The lowest BCUT2D eigenvalue weighted by Crippen LogP contribution is -2.33. The molecule has 0 aliphatic heterocycles. The molecule has 1 aromatic heterocycles. The van der Waals surface area contributed by atoms with Gasteiger partial charge in [0.2, 0.25) is 0 Å². The number of fused-ring (bicyclic) bond motifs is 1. The van der Waals surface area contributed by atoms with Crippen LogP contribution in [0.5, 0.6) is 11.5 Å². The van der Waals surface area contributed by atoms with Gasteiger partial charge in [-0.1, -0.05) is 34.5 Å². The van der Waals surface area contributed by atoms with Gasteiger partial charge in [0.05, 0.1) is 14.2 Å². The summed E-state index contributed by atoms with van der Waals surface area (Å²) in [7, 11) is 7.19. The molecule has 0 saturated heterocycles. The molecule has 3 rings (SSSR count). The maximum Gasteiger partial charge on any atom is 0.260 e. The zero-order valence-electron chi connectivity index (χ0n) is 17.2. The Morgan fingerprint density at radius 3 is 2.27 bits per heavy atom. The van der Waals surface area contributed by atoms with E-state index < -0.39 is 0 Å². The second-order valence-electron chi connectivity index (χ2n) is 6.92. The van der Waals surface area contributed by atoms with Crippen molar-refractivity contribution in [3.05, 3.63) is 45.9 Å². The van der Waals surface area contributed by atoms with Crippen LogP contribution in [-0.2, 0) is 0 Å². The number of carbonyl (C=O) groups excluding carboxylic acids is 1. The van der Waals surface area contributed by atoms with Crippen LogP contribution in [0.25, 0.3) is 10.2 Å². The van der Waals surface area contributed by atoms with Crippen molar-refractivity contribution < 1.29 is 14.3 Å². The molecule has 160 valence electrons. The summed E-state index contributed by atoms with van der Waals surface area (Å²) in [6, 6.07) is 8.47. The number of ether oxygens (including phenoxy) is 2. The first kappa shape index (κ1) is 22.6. The van der Waals surface area contributed by atoms with Crippen LogP contribution in [0.15, 0.2) is 30.3 Å². The highest BCUT2D eigenvalue weighted by molar-refractivity contribution is 7.22. The minimum absolute atomic E-state index is 0.213. The lowest BCUT2D eigenvalue weighted by atomic mass is 10.2. The second kappa shape index (κ2) is 9.83. The van der Waals surface area contributed by atoms with E-state index in [9.17, 15) is 4.79 Å². The fraction of sp³-hybridized carbons (Fsp3) is 0.333. The number of thiazole rings is 1. The third-order valence-corrected chi connectivity index (χ3v) is 6.00. The van der Waals surface area contributed by atoms with E-state index in [2.05, 4.69) is 4.90 Å². The number of hydrogen-bond donors (Lipinski definition) is 0. The van der Waals surface area contributed by atoms with E-state index in [-0.39, 0.29) is 5.91 Å². The summed E-state index contributed by atoms with van der Waals surface area (Å²) in [6.07, 6.45) is 0.775. The Morgan fingerprint density at radius 1 is 1.03 bits per heavy atom. The topological polar surface area (TPSA) is 54.9 Å². The SMILES string of the molecule is COc1ccc(OC)c2sc(N(CCCN(C)C)C(=O)c3cc(Cl)cc(Cl)c3)nc12. The molecule has 0 unspecified atom stereocenters. The summed E-state index contributed by atoms with van der Waals surface area (Å²) in [5, 5.41) is 1.38. The lowest BCUT2D eigenvalue weighted by molar-refractivity contribution is 0.0986. The number of aromatic nitrogens is 1. The Balaban J connectivity index is 2.06. The van der Waals surface area contributed by atoms with Gasteiger partial charge in [0.1, 0.15) is 21.7 Å². The van der Waals surface area contributed by atoms with Gasteiger partial charge in [-0.05, 0) is 57.4 Å². The molecule has 6 nitrogen and oxygen atoms in total. The molecule has 9 heteroatoms. The predicted octanol–water partition coefficient (Wildman–Crippen LogP) is 5.22. The summed E-state index contributed by atoms with van der Waals surface area (Å²) < 4.78 is 11.8. The largest absolute Gasteiger partial charge is 0.495 e. The maximum atomic E-state index is 13.4. The van der Waals surface area contributed by atoms with E-state index in [1.807, 2.05) is 20.2 Å². The van der Waals surface area contributed by atoms with Gasteiger partial charge < -0.3 is 14.4 Å². The molecule has 0 saturated carbocycles. The van der Waals surface area contributed by atoms with E-state index in [4.69, 9.17) is 37.7 Å². The van der Waals surface area contributed by atoms with E-state index >= 15 is 0 Å². The molecule has 0 atom stereocenters. The molecular weight excluding hydrogens is 445 g/mol. The number of nitrogens with zero attached hydrogens (tertiary/aromatic N) is 3. The van der Waals surface area contributed by atoms with Crippen molar-refractivity contribution in [3.63, 3.8) is 0 Å². The minimum atomic E-state index is -0.213. The first-order valence-corrected chi connectivity index (χ1v) is 10.9. The molecule has 3 aromatic rings. The average Bonchev–Trinajstić information content (AvgIpc) is 3.14. The van der Waals surface area contributed by atoms with Crippen LogP contribution in [0.1, 0.15) is 16.8 Å². The summed E-state index contributed by atoms with van der Waals surface area (Å²) in [4.78, 5) is 21.9. The summed E-state index contributed by atoms with van der Waals surface area (Å²) in [5.74, 6) is 1.09. The van der Waals surface area contributed by atoms with E-state index in [1.165, 1.54) is 11.3 Å². The number of amides is 1. The standard InChI is InChI=1S/C21H23Cl2N3O3S/c1-25(2)8-5-9-26(20(27)13-10-14(22)12-15(23)11-13)21-24-18-16(28-3)6-7-17(29-4)19(18)30-21/h6-7,10-12H,5,8-9H2,1-4H3. The van der Waals surface area contributed by atoms with Crippen molar-refractivity contribution in [1.29, 1.82) is 0 Å². The Kier molecular flexibility index (Phi) is 7.41. The van der Waals surface area contributed by atoms with Crippen LogP contribution in [0.4, 0.5) is 5.13 Å². The van der Waals surface area contributed by atoms with E-state index in [0.717, 1.165) is 17.7 Å². The first-order valence-electron chi connectivity index (χ1n) is 9.28. The quantitative estimate of drug-likeness (QED) is 0.454. The first-order chi connectivity index (χ1) is 14.3. The Bertz CT molecular complexity index is 994. The second-order valence-corrected chi connectivity index (χ2v) is 8.77. The Labute approximate surface area is 189 Å². The highest BCUT2D eigenvalue weighted by atomic mass is 35.5. The zero-order valence-corrected chi connectivity index (χ0v) is 19.6. The van der Waals surface area contributed by atoms with Crippen molar-refractivity contribution in [3.8, 4) is 11.5 Å². The van der Waals surface area contributed by atoms with Crippen molar-refractivity contribution >= 4 is 55.8 Å². The van der Waals surface area contributed by atoms with Crippen molar-refractivity contribution in [1.82, 2.24) is 9.88 Å². The van der Waals surface area contributed by atoms with Gasteiger partial charge in [-0.15, -0.1) is 0 Å². The predicted molar refractivity (Wildman–Crippen MR) is 124 cm³/mol. The van der Waals surface area contributed by atoms with Crippen LogP contribution < -0.4 is 14.4 Å². The van der Waals surface area contributed by atoms with Crippen molar-refractivity contribution in [2.75, 3.05) is 46.3 Å². The normalized spacial score (nSPS) is 11.2. The highest BCUT2D eigenvalue weighted by Gasteiger charge is 2.24. The molecular formula is C21H23Cl2N3O3S. The molecule has 1 amide bonds. The van der Waals surface area contributed by atoms with Gasteiger partial charge in [0.25, 0.3) is 5.91 Å². The van der Waals surface area contributed by atoms with Crippen molar-refractivity contribution in [2.45, 2.75) is 6.42 Å². The minimum Gasteiger partial charge on any atom is -0.495 e. The van der Waals surface area contributed by atoms with Gasteiger partial charge in [0.15, 0.2) is 5.13 Å². The van der Waals surface area contributed by atoms with Crippen LogP contribution in [0, 0.1) is 0 Å². The number of benzene rings is 2. The van der Waals surface area contributed by atoms with Crippen LogP contribution in [0.2, 0.25) is 10.0 Å². The van der Waals surface area contributed by atoms with Gasteiger partial charge in [-0.2, -0.15) is 0 Å². The molecule has 0 aliphatic rings. The number of carbonyl (C=O) groups is 1. The fourth-order valence-corrected chi connectivity index (χ4v) is 4.68. The third-order valence-electron chi connectivity index (χ3n) is 4.47. The molecule has 1 heterocycles. The number of anilines is 1. The van der Waals surface area contributed by atoms with Gasteiger partial charge in [0, 0.05) is 22.2 Å². The maximum absolute atomic E-state index is 13.4.